The fourth-order valence-corrected chi connectivity index (χ4v) is 4.21. The lowest BCUT2D eigenvalue weighted by atomic mass is 10.0. The zero-order chi connectivity index (χ0) is 21.6. The second-order valence-corrected chi connectivity index (χ2v) is 7.66. The highest BCUT2D eigenvalue weighted by molar-refractivity contribution is 5.97. The maximum atomic E-state index is 15.3. The number of rotatable bonds is 5. The molecule has 2 aliphatic rings. The smallest absolute Gasteiger partial charge is 0.341 e. The van der Waals surface area contributed by atoms with Crippen LogP contribution in [0.4, 0.5) is 14.5 Å². The van der Waals surface area contributed by atoms with E-state index in [4.69, 9.17) is 10.5 Å². The number of ether oxygens (including phenoxy) is 1. The van der Waals surface area contributed by atoms with Gasteiger partial charge in [0.25, 0.3) is 0 Å². The summed E-state index contributed by atoms with van der Waals surface area (Å²) in [7, 11) is 1.36. The van der Waals surface area contributed by atoms with Crippen molar-refractivity contribution in [3.8, 4) is 5.75 Å². The Balaban J connectivity index is 1.99. The molecule has 2 aromatic rings. The van der Waals surface area contributed by atoms with E-state index in [1.165, 1.54) is 11.7 Å². The largest absolute Gasteiger partial charge is 0.492 e. The monoisotopic (exact) mass is 419 g/mol. The first-order valence-electron chi connectivity index (χ1n) is 9.83. The molecule has 2 fully saturated rings. The van der Waals surface area contributed by atoms with Crippen LogP contribution < -0.4 is 20.8 Å². The number of aromatic nitrogens is 1. The average Bonchev–Trinajstić information content (AvgIpc) is 3.44. The predicted molar refractivity (Wildman–Crippen MR) is 109 cm³/mol. The minimum absolute atomic E-state index is 0.104. The van der Waals surface area contributed by atoms with Crippen LogP contribution in [0.5, 0.6) is 5.75 Å². The van der Waals surface area contributed by atoms with Crippen molar-refractivity contribution in [3.05, 3.63) is 45.5 Å². The number of nitrogens with two attached hydrogens (primary N) is 1. The molecule has 1 saturated heterocycles. The topological polar surface area (TPSA) is 97.8 Å². The molecule has 0 bridgehead atoms. The molecular weight excluding hydrogens is 396 g/mol. The van der Waals surface area contributed by atoms with Gasteiger partial charge in [0.2, 0.25) is 5.43 Å². The number of aromatic carboxylic acids is 1. The summed E-state index contributed by atoms with van der Waals surface area (Å²) >= 11 is 0. The first-order chi connectivity index (χ1) is 14.4. The molecule has 1 aliphatic heterocycles. The van der Waals surface area contributed by atoms with E-state index < -0.39 is 35.0 Å². The van der Waals surface area contributed by atoms with Gasteiger partial charge in [0.1, 0.15) is 17.4 Å². The van der Waals surface area contributed by atoms with Crippen molar-refractivity contribution in [1.29, 1.82) is 0 Å². The average molecular weight is 419 g/mol. The molecule has 4 rings (SSSR count). The normalized spacial score (nSPS) is 22.5. The SMILES string of the molecule is COc1c(N2CCC/C(=C\CN)C2)c(F)cc2c(=O)c(C(=O)O)cn(C3CC3F)c12. The van der Waals surface area contributed by atoms with E-state index in [0.29, 0.717) is 19.6 Å². The van der Waals surface area contributed by atoms with Crippen molar-refractivity contribution in [1.82, 2.24) is 4.57 Å². The summed E-state index contributed by atoms with van der Waals surface area (Å²) in [6, 6.07) is 0.419. The van der Waals surface area contributed by atoms with Crippen molar-refractivity contribution in [2.45, 2.75) is 31.5 Å². The van der Waals surface area contributed by atoms with Crippen LogP contribution >= 0.6 is 0 Å². The third-order valence-corrected chi connectivity index (χ3v) is 5.71. The first kappa shape index (κ1) is 20.3. The number of anilines is 1. The van der Waals surface area contributed by atoms with Gasteiger partial charge >= 0.3 is 5.97 Å². The molecular formula is C21H23F2N3O4. The van der Waals surface area contributed by atoms with Crippen LogP contribution in [-0.2, 0) is 0 Å². The minimum atomic E-state index is -1.44. The number of benzene rings is 1. The second-order valence-electron chi connectivity index (χ2n) is 7.66. The molecule has 160 valence electrons. The van der Waals surface area contributed by atoms with Crippen molar-refractivity contribution in [3.63, 3.8) is 0 Å². The zero-order valence-corrected chi connectivity index (χ0v) is 16.5. The first-order valence-corrected chi connectivity index (χ1v) is 9.83. The van der Waals surface area contributed by atoms with Gasteiger partial charge in [0.15, 0.2) is 11.6 Å². The lowest BCUT2D eigenvalue weighted by molar-refractivity contribution is 0.0694. The highest BCUT2D eigenvalue weighted by atomic mass is 19.1. The maximum absolute atomic E-state index is 15.3. The van der Waals surface area contributed by atoms with Crippen LogP contribution in [0.15, 0.2) is 28.7 Å². The number of hydrogen-bond acceptors (Lipinski definition) is 5. The predicted octanol–water partition coefficient (Wildman–Crippen LogP) is 2.62. The third kappa shape index (κ3) is 3.32. The van der Waals surface area contributed by atoms with Crippen LogP contribution in [0.25, 0.3) is 10.9 Å². The molecule has 9 heteroatoms. The van der Waals surface area contributed by atoms with Gasteiger partial charge in [-0.05, 0) is 18.9 Å². The van der Waals surface area contributed by atoms with E-state index in [1.807, 2.05) is 11.0 Å². The molecule has 1 aliphatic carbocycles. The fourth-order valence-electron chi connectivity index (χ4n) is 4.21. The van der Waals surface area contributed by atoms with Crippen molar-refractivity contribution in [2.24, 2.45) is 5.73 Å². The Morgan fingerprint density at radius 3 is 2.80 bits per heavy atom. The summed E-state index contributed by atoms with van der Waals surface area (Å²) in [6.45, 7) is 1.42. The number of nitrogens with zero attached hydrogens (tertiary/aromatic N) is 2. The van der Waals surface area contributed by atoms with Gasteiger partial charge < -0.3 is 25.0 Å². The number of hydrogen-bond donors (Lipinski definition) is 2. The van der Waals surface area contributed by atoms with Gasteiger partial charge in [-0.3, -0.25) is 4.79 Å². The number of carboxylic acids is 1. The Hall–Kier alpha value is -2.94. The second kappa shape index (κ2) is 7.71. The lowest BCUT2D eigenvalue weighted by Gasteiger charge is -2.32. The summed E-state index contributed by atoms with van der Waals surface area (Å²) in [5.74, 6) is -2.03. The quantitative estimate of drug-likeness (QED) is 0.723. The third-order valence-electron chi connectivity index (χ3n) is 5.71. The van der Waals surface area contributed by atoms with Gasteiger partial charge in [-0.15, -0.1) is 0 Å². The number of carboxylic acid groups (broad SMARTS) is 1. The van der Waals surface area contributed by atoms with E-state index in [0.717, 1.165) is 30.7 Å². The van der Waals surface area contributed by atoms with Crippen molar-refractivity contribution in [2.75, 3.05) is 31.6 Å². The Morgan fingerprint density at radius 2 is 2.20 bits per heavy atom. The number of fused-ring (bicyclic) bond motifs is 1. The zero-order valence-electron chi connectivity index (χ0n) is 16.5. The number of pyridine rings is 1. The van der Waals surface area contributed by atoms with Crippen LogP contribution in [0.3, 0.4) is 0 Å². The van der Waals surface area contributed by atoms with Crippen molar-refractivity contribution < 1.29 is 23.4 Å². The number of piperidine rings is 1. The van der Waals surface area contributed by atoms with Crippen molar-refractivity contribution >= 4 is 22.6 Å². The Bertz CT molecular complexity index is 1110. The summed E-state index contributed by atoms with van der Waals surface area (Å²) < 4.78 is 36.2. The van der Waals surface area contributed by atoms with E-state index >= 15 is 4.39 Å². The van der Waals surface area contributed by atoms with E-state index in [9.17, 15) is 19.1 Å². The Morgan fingerprint density at radius 1 is 1.47 bits per heavy atom. The Labute approximate surface area is 171 Å². The molecule has 1 aromatic carbocycles. The van der Waals surface area contributed by atoms with Gasteiger partial charge in [-0.25, -0.2) is 13.6 Å². The molecule has 0 spiro atoms. The molecule has 1 saturated carbocycles. The van der Waals surface area contributed by atoms with E-state index in [-0.39, 0.29) is 28.8 Å². The molecule has 2 atom stereocenters. The van der Waals surface area contributed by atoms with Crippen LogP contribution in [0.1, 0.15) is 35.7 Å². The van der Waals surface area contributed by atoms with E-state index in [1.54, 1.807) is 0 Å². The lowest BCUT2D eigenvalue weighted by Crippen LogP contribution is -2.33. The molecule has 30 heavy (non-hydrogen) atoms. The summed E-state index contributed by atoms with van der Waals surface area (Å²) in [5, 5.41) is 9.26. The molecule has 0 amide bonds. The highest BCUT2D eigenvalue weighted by Gasteiger charge is 2.41. The summed E-state index contributed by atoms with van der Waals surface area (Å²) in [5.41, 5.74) is 5.74. The molecule has 7 nitrogen and oxygen atoms in total. The molecule has 0 radical (unpaired) electrons. The summed E-state index contributed by atoms with van der Waals surface area (Å²) in [4.78, 5) is 26.1. The molecule has 1 aromatic heterocycles. The van der Waals surface area contributed by atoms with Crippen LogP contribution in [-0.4, -0.2) is 48.6 Å². The fraction of sp³-hybridized carbons (Fsp3) is 0.429. The van der Waals surface area contributed by atoms with Gasteiger partial charge in [-0.1, -0.05) is 11.6 Å². The molecule has 2 heterocycles. The maximum Gasteiger partial charge on any atom is 0.341 e. The van der Waals surface area contributed by atoms with Gasteiger partial charge in [0.05, 0.1) is 24.1 Å². The van der Waals surface area contributed by atoms with Crippen LogP contribution in [0.2, 0.25) is 0 Å². The number of alkyl halides is 1. The highest BCUT2D eigenvalue weighted by Crippen LogP contribution is 2.45. The van der Waals surface area contributed by atoms with Gasteiger partial charge in [-0.2, -0.15) is 0 Å². The van der Waals surface area contributed by atoms with E-state index in [2.05, 4.69) is 0 Å². The molecule has 3 N–H and O–H groups in total. The number of methoxy groups -OCH3 is 1. The Kier molecular flexibility index (Phi) is 5.23. The standard InChI is InChI=1S/C21H23F2N3O4/c1-30-20-17-12(19(27)13(21(28)29)10-26(17)16-8-14(16)22)7-15(23)18(20)25-6-2-3-11(9-25)4-5-24/h4,7,10,14,16H,2-3,5-6,8-9,24H2,1H3,(H,28,29)/b11-4+. The van der Waals surface area contributed by atoms with Crippen LogP contribution in [0, 0.1) is 5.82 Å². The van der Waals surface area contributed by atoms with Gasteiger partial charge in [0, 0.05) is 32.3 Å². The number of halogens is 2. The number of carbonyl (C=O) groups is 1. The molecule has 2 unspecified atom stereocenters. The summed E-state index contributed by atoms with van der Waals surface area (Å²) in [6.07, 6.45) is 3.74. The minimum Gasteiger partial charge on any atom is -0.492 e.